The van der Waals surface area contributed by atoms with Crippen molar-refractivity contribution in [2.45, 2.75) is 46.5 Å². The van der Waals surface area contributed by atoms with Gasteiger partial charge >= 0.3 is 0 Å². The summed E-state index contributed by atoms with van der Waals surface area (Å²) in [5, 5.41) is 3.57. The largest absolute Gasteiger partial charge is 0.385 e. The average Bonchev–Trinajstić information content (AvgIpc) is 2.37. The topological polar surface area (TPSA) is 12.0 Å². The highest BCUT2D eigenvalue weighted by atomic mass is 79.9. The molecular weight excluding hydrogens is 298 g/mol. The number of halogens is 1. The average molecular weight is 324 g/mol. The lowest BCUT2D eigenvalue weighted by atomic mass is 9.70. The second-order valence-electron chi connectivity index (χ2n) is 6.97. The number of hydrogen-bond donors (Lipinski definition) is 1. The Hall–Kier alpha value is -0.500. The molecule has 2 rings (SSSR count). The van der Waals surface area contributed by atoms with E-state index in [9.17, 15) is 0 Å². The van der Waals surface area contributed by atoms with E-state index >= 15 is 0 Å². The van der Waals surface area contributed by atoms with E-state index in [0.717, 1.165) is 22.9 Å². The van der Waals surface area contributed by atoms with Crippen LogP contribution >= 0.6 is 15.9 Å². The maximum atomic E-state index is 3.57. The van der Waals surface area contributed by atoms with Crippen molar-refractivity contribution in [3.63, 3.8) is 0 Å². The van der Waals surface area contributed by atoms with Crippen LogP contribution in [-0.4, -0.2) is 6.54 Å². The van der Waals surface area contributed by atoms with Crippen molar-refractivity contribution >= 4 is 21.6 Å². The first-order valence-corrected chi connectivity index (χ1v) is 8.24. The van der Waals surface area contributed by atoms with Gasteiger partial charge in [0.15, 0.2) is 0 Å². The van der Waals surface area contributed by atoms with Crippen molar-refractivity contribution in [1.82, 2.24) is 0 Å². The third-order valence-electron chi connectivity index (χ3n) is 4.51. The molecule has 0 aromatic heterocycles. The lowest BCUT2D eigenvalue weighted by Crippen LogP contribution is -2.28. The van der Waals surface area contributed by atoms with Crippen LogP contribution < -0.4 is 5.32 Å². The summed E-state index contributed by atoms with van der Waals surface area (Å²) in [7, 11) is 0. The van der Waals surface area contributed by atoms with Crippen LogP contribution in [0, 0.1) is 17.3 Å². The number of anilines is 1. The Morgan fingerprint density at radius 1 is 1.05 bits per heavy atom. The highest BCUT2D eigenvalue weighted by Gasteiger charge is 2.29. The number of hydrogen-bond acceptors (Lipinski definition) is 1. The molecular formula is C17H26BrN. The van der Waals surface area contributed by atoms with E-state index in [1.165, 1.54) is 31.4 Å². The van der Waals surface area contributed by atoms with Gasteiger partial charge in [-0.2, -0.15) is 0 Å². The molecule has 2 heteroatoms. The Labute approximate surface area is 126 Å². The fraction of sp³-hybridized carbons (Fsp3) is 0.647. The standard InChI is InChI=1S/C17H26BrN/c1-17(2,3)14-6-4-13(5-7-14)12-19-16-10-8-15(18)9-11-16/h8-11,13-14,19H,4-7,12H2,1-3H3. The third kappa shape index (κ3) is 4.52. The van der Waals surface area contributed by atoms with Crippen LogP contribution in [0.4, 0.5) is 5.69 Å². The molecule has 1 N–H and O–H groups in total. The SMILES string of the molecule is CC(C)(C)C1CCC(CNc2ccc(Br)cc2)CC1. The Morgan fingerprint density at radius 3 is 2.16 bits per heavy atom. The summed E-state index contributed by atoms with van der Waals surface area (Å²) < 4.78 is 1.14. The van der Waals surface area contributed by atoms with Crippen LogP contribution in [0.25, 0.3) is 0 Å². The van der Waals surface area contributed by atoms with Gasteiger partial charge in [0.05, 0.1) is 0 Å². The minimum Gasteiger partial charge on any atom is -0.385 e. The number of benzene rings is 1. The molecule has 0 amide bonds. The van der Waals surface area contributed by atoms with E-state index in [4.69, 9.17) is 0 Å². The van der Waals surface area contributed by atoms with Crippen molar-refractivity contribution in [1.29, 1.82) is 0 Å². The predicted molar refractivity (Wildman–Crippen MR) is 87.5 cm³/mol. The Balaban J connectivity index is 1.75. The molecule has 19 heavy (non-hydrogen) atoms. The first-order valence-electron chi connectivity index (χ1n) is 7.44. The second kappa shape index (κ2) is 6.30. The predicted octanol–water partition coefficient (Wildman–Crippen LogP) is 5.71. The van der Waals surface area contributed by atoms with Crippen LogP contribution in [0.2, 0.25) is 0 Å². The molecule has 1 nitrogen and oxygen atoms in total. The Bertz CT molecular complexity index is 383. The molecule has 0 radical (unpaired) electrons. The number of nitrogens with one attached hydrogen (secondary N) is 1. The summed E-state index contributed by atoms with van der Waals surface area (Å²) in [5.74, 6) is 1.76. The second-order valence-corrected chi connectivity index (χ2v) is 7.89. The molecule has 1 fully saturated rings. The summed E-state index contributed by atoms with van der Waals surface area (Å²) in [5.41, 5.74) is 1.73. The summed E-state index contributed by atoms with van der Waals surface area (Å²) >= 11 is 3.47. The van der Waals surface area contributed by atoms with E-state index in [1.54, 1.807) is 0 Å². The Kier molecular flexibility index (Phi) is 4.94. The third-order valence-corrected chi connectivity index (χ3v) is 5.04. The van der Waals surface area contributed by atoms with E-state index < -0.39 is 0 Å². The van der Waals surface area contributed by atoms with E-state index in [1.807, 2.05) is 0 Å². The van der Waals surface area contributed by atoms with Crippen LogP contribution in [0.15, 0.2) is 28.7 Å². The van der Waals surface area contributed by atoms with Gasteiger partial charge in [-0.25, -0.2) is 0 Å². The molecule has 0 heterocycles. The van der Waals surface area contributed by atoms with Gasteiger partial charge in [-0.1, -0.05) is 36.7 Å². The summed E-state index contributed by atoms with van der Waals surface area (Å²) in [6.07, 6.45) is 5.56. The molecule has 1 aromatic carbocycles. The fourth-order valence-electron chi connectivity index (χ4n) is 3.06. The lowest BCUT2D eigenvalue weighted by molar-refractivity contribution is 0.153. The zero-order chi connectivity index (χ0) is 13.9. The normalized spacial score (nSPS) is 24.2. The minimum absolute atomic E-state index is 0.490. The summed E-state index contributed by atoms with van der Waals surface area (Å²) in [6.45, 7) is 8.28. The van der Waals surface area contributed by atoms with Crippen LogP contribution in [0.3, 0.4) is 0 Å². The van der Waals surface area contributed by atoms with Gasteiger partial charge < -0.3 is 5.32 Å². The summed E-state index contributed by atoms with van der Waals surface area (Å²) in [6, 6.07) is 8.48. The minimum atomic E-state index is 0.490. The van der Waals surface area contributed by atoms with Crippen molar-refractivity contribution in [3.8, 4) is 0 Å². The van der Waals surface area contributed by atoms with Gasteiger partial charge in [0.25, 0.3) is 0 Å². The molecule has 0 spiro atoms. The molecule has 0 aliphatic heterocycles. The van der Waals surface area contributed by atoms with Gasteiger partial charge in [-0.15, -0.1) is 0 Å². The first kappa shape index (κ1) is 14.9. The van der Waals surface area contributed by atoms with Gasteiger partial charge in [0, 0.05) is 16.7 Å². The smallest absolute Gasteiger partial charge is 0.0341 e. The highest BCUT2D eigenvalue weighted by molar-refractivity contribution is 9.10. The highest BCUT2D eigenvalue weighted by Crippen LogP contribution is 2.39. The van der Waals surface area contributed by atoms with Gasteiger partial charge in [-0.05, 0) is 67.2 Å². The molecule has 0 bridgehead atoms. The zero-order valence-corrected chi connectivity index (χ0v) is 14.0. The number of rotatable bonds is 3. The van der Waals surface area contributed by atoms with E-state index in [-0.39, 0.29) is 0 Å². The van der Waals surface area contributed by atoms with Gasteiger partial charge in [0.2, 0.25) is 0 Å². The molecule has 0 atom stereocenters. The maximum Gasteiger partial charge on any atom is 0.0341 e. The van der Waals surface area contributed by atoms with E-state index in [2.05, 4.69) is 66.3 Å². The van der Waals surface area contributed by atoms with Crippen molar-refractivity contribution in [2.75, 3.05) is 11.9 Å². The molecule has 106 valence electrons. The monoisotopic (exact) mass is 323 g/mol. The molecule has 1 saturated carbocycles. The van der Waals surface area contributed by atoms with Crippen molar-refractivity contribution in [2.24, 2.45) is 17.3 Å². The molecule has 0 saturated heterocycles. The maximum absolute atomic E-state index is 3.57. The quantitative estimate of drug-likeness (QED) is 0.750. The Morgan fingerprint density at radius 2 is 1.63 bits per heavy atom. The lowest BCUT2D eigenvalue weighted by Gasteiger charge is -2.37. The summed E-state index contributed by atoms with van der Waals surface area (Å²) in [4.78, 5) is 0. The van der Waals surface area contributed by atoms with Crippen molar-refractivity contribution < 1.29 is 0 Å². The molecule has 1 aliphatic rings. The van der Waals surface area contributed by atoms with Crippen LogP contribution in [0.5, 0.6) is 0 Å². The van der Waals surface area contributed by atoms with Gasteiger partial charge in [0.1, 0.15) is 0 Å². The van der Waals surface area contributed by atoms with Crippen LogP contribution in [0.1, 0.15) is 46.5 Å². The van der Waals surface area contributed by atoms with E-state index in [0.29, 0.717) is 5.41 Å². The molecule has 1 aliphatic carbocycles. The molecule has 1 aromatic rings. The first-order chi connectivity index (χ1) is 8.95. The van der Waals surface area contributed by atoms with Gasteiger partial charge in [-0.3, -0.25) is 0 Å². The zero-order valence-electron chi connectivity index (χ0n) is 12.4. The fourth-order valence-corrected chi connectivity index (χ4v) is 3.33. The van der Waals surface area contributed by atoms with Crippen LogP contribution in [-0.2, 0) is 0 Å². The van der Waals surface area contributed by atoms with Crippen molar-refractivity contribution in [3.05, 3.63) is 28.7 Å². The molecule has 0 unspecified atom stereocenters.